The molecule has 6 nitrogen and oxygen atoms in total. The molecule has 0 aliphatic carbocycles. The highest BCUT2D eigenvalue weighted by Crippen LogP contribution is 2.23. The SMILES string of the molecule is COc1ccc(OCCNC(=O)c2ccccc2SCC(=O)N(C)C)cc1. The molecule has 0 aliphatic heterocycles. The molecule has 0 unspecified atom stereocenters. The predicted octanol–water partition coefficient (Wildman–Crippen LogP) is 2.68. The first-order valence-electron chi connectivity index (χ1n) is 8.48. The van der Waals surface area contributed by atoms with Gasteiger partial charge in [0.15, 0.2) is 0 Å². The quantitative estimate of drug-likeness (QED) is 0.528. The van der Waals surface area contributed by atoms with E-state index in [0.29, 0.717) is 24.5 Å². The maximum atomic E-state index is 12.4. The largest absolute Gasteiger partial charge is 0.497 e. The molecular formula is C20H24N2O4S. The number of rotatable bonds is 9. The van der Waals surface area contributed by atoms with Gasteiger partial charge in [-0.2, -0.15) is 0 Å². The molecule has 0 spiro atoms. The van der Waals surface area contributed by atoms with Crippen molar-refractivity contribution in [2.45, 2.75) is 4.90 Å². The molecule has 2 rings (SSSR count). The van der Waals surface area contributed by atoms with Gasteiger partial charge in [-0.15, -0.1) is 11.8 Å². The highest BCUT2D eigenvalue weighted by molar-refractivity contribution is 8.00. The van der Waals surface area contributed by atoms with Crippen LogP contribution in [0.1, 0.15) is 10.4 Å². The predicted molar refractivity (Wildman–Crippen MR) is 107 cm³/mol. The number of thioether (sulfide) groups is 1. The van der Waals surface area contributed by atoms with Crippen LogP contribution in [0.4, 0.5) is 0 Å². The van der Waals surface area contributed by atoms with E-state index in [1.54, 1.807) is 33.3 Å². The fourth-order valence-corrected chi connectivity index (χ4v) is 3.18. The maximum absolute atomic E-state index is 12.4. The lowest BCUT2D eigenvalue weighted by atomic mass is 10.2. The molecule has 0 aliphatic rings. The molecule has 0 radical (unpaired) electrons. The Morgan fingerprint density at radius 1 is 1.04 bits per heavy atom. The second kappa shape index (κ2) is 10.5. The first-order valence-corrected chi connectivity index (χ1v) is 9.47. The molecule has 2 amide bonds. The molecule has 2 aromatic rings. The smallest absolute Gasteiger partial charge is 0.252 e. The van der Waals surface area contributed by atoms with Gasteiger partial charge in [0.05, 0.1) is 25.0 Å². The number of nitrogens with one attached hydrogen (secondary N) is 1. The number of carbonyl (C=O) groups is 2. The maximum Gasteiger partial charge on any atom is 0.252 e. The van der Waals surface area contributed by atoms with Crippen LogP contribution in [-0.4, -0.2) is 56.8 Å². The summed E-state index contributed by atoms with van der Waals surface area (Å²) in [6.45, 7) is 0.729. The van der Waals surface area contributed by atoms with Gasteiger partial charge in [-0.05, 0) is 36.4 Å². The van der Waals surface area contributed by atoms with Crippen LogP contribution in [-0.2, 0) is 4.79 Å². The first kappa shape index (κ1) is 20.6. The van der Waals surface area contributed by atoms with Crippen molar-refractivity contribution in [3.8, 4) is 11.5 Å². The van der Waals surface area contributed by atoms with Crippen molar-refractivity contribution in [3.63, 3.8) is 0 Å². The molecule has 0 bridgehead atoms. The Balaban J connectivity index is 1.83. The number of benzene rings is 2. The van der Waals surface area contributed by atoms with E-state index in [1.807, 2.05) is 36.4 Å². The van der Waals surface area contributed by atoms with E-state index >= 15 is 0 Å². The van der Waals surface area contributed by atoms with E-state index < -0.39 is 0 Å². The topological polar surface area (TPSA) is 67.9 Å². The van der Waals surface area contributed by atoms with Crippen LogP contribution in [0.5, 0.6) is 11.5 Å². The molecule has 0 saturated carbocycles. The van der Waals surface area contributed by atoms with Crippen LogP contribution < -0.4 is 14.8 Å². The standard InChI is InChI=1S/C20H24N2O4S/c1-22(2)19(23)14-27-18-7-5-4-6-17(18)20(24)21-12-13-26-16-10-8-15(25-3)9-11-16/h4-11H,12-14H2,1-3H3,(H,21,24). The van der Waals surface area contributed by atoms with Gasteiger partial charge >= 0.3 is 0 Å². The lowest BCUT2D eigenvalue weighted by molar-refractivity contribution is -0.125. The van der Waals surface area contributed by atoms with Crippen molar-refractivity contribution in [3.05, 3.63) is 54.1 Å². The third-order valence-electron chi connectivity index (χ3n) is 3.70. The summed E-state index contributed by atoms with van der Waals surface area (Å²) in [5.41, 5.74) is 0.554. The highest BCUT2D eigenvalue weighted by atomic mass is 32.2. The number of amides is 2. The van der Waals surface area contributed by atoms with Crippen LogP contribution >= 0.6 is 11.8 Å². The molecule has 0 aromatic heterocycles. The van der Waals surface area contributed by atoms with Crippen molar-refractivity contribution >= 4 is 23.6 Å². The zero-order chi connectivity index (χ0) is 19.6. The Morgan fingerprint density at radius 3 is 2.37 bits per heavy atom. The van der Waals surface area contributed by atoms with Crippen LogP contribution in [0.15, 0.2) is 53.4 Å². The van der Waals surface area contributed by atoms with E-state index in [9.17, 15) is 9.59 Å². The third-order valence-corrected chi connectivity index (χ3v) is 4.76. The summed E-state index contributed by atoms with van der Waals surface area (Å²) in [5.74, 6) is 1.58. The average Bonchev–Trinajstić information content (AvgIpc) is 2.69. The molecule has 0 atom stereocenters. The van der Waals surface area contributed by atoms with Crippen LogP contribution in [0, 0.1) is 0 Å². The Bertz CT molecular complexity index is 763. The normalized spacial score (nSPS) is 10.2. The summed E-state index contributed by atoms with van der Waals surface area (Å²) >= 11 is 1.36. The molecule has 2 aromatic carbocycles. The Kier molecular flexibility index (Phi) is 8.00. The molecule has 0 saturated heterocycles. The third kappa shape index (κ3) is 6.53. The summed E-state index contributed by atoms with van der Waals surface area (Å²) in [6, 6.07) is 14.5. The summed E-state index contributed by atoms with van der Waals surface area (Å²) in [5, 5.41) is 2.85. The second-order valence-corrected chi connectivity index (χ2v) is 6.87. The van der Waals surface area contributed by atoms with Gasteiger partial charge in [-0.1, -0.05) is 12.1 Å². The van der Waals surface area contributed by atoms with Crippen molar-refractivity contribution < 1.29 is 19.1 Å². The molecule has 7 heteroatoms. The zero-order valence-corrected chi connectivity index (χ0v) is 16.5. The van der Waals surface area contributed by atoms with Crippen molar-refractivity contribution in [2.24, 2.45) is 0 Å². The zero-order valence-electron chi connectivity index (χ0n) is 15.7. The minimum absolute atomic E-state index is 0.00287. The number of methoxy groups -OCH3 is 1. The monoisotopic (exact) mass is 388 g/mol. The molecule has 0 heterocycles. The van der Waals surface area contributed by atoms with Gasteiger partial charge in [0, 0.05) is 19.0 Å². The molecule has 0 fully saturated rings. The summed E-state index contributed by atoms with van der Waals surface area (Å²) < 4.78 is 10.7. The minimum Gasteiger partial charge on any atom is -0.497 e. The van der Waals surface area contributed by atoms with Crippen LogP contribution in [0.2, 0.25) is 0 Å². The van der Waals surface area contributed by atoms with Gasteiger partial charge in [0.25, 0.3) is 5.91 Å². The number of hydrogen-bond acceptors (Lipinski definition) is 5. The second-order valence-electron chi connectivity index (χ2n) is 5.85. The summed E-state index contributed by atoms with van der Waals surface area (Å²) in [7, 11) is 5.03. The number of carbonyl (C=O) groups excluding carboxylic acids is 2. The fourth-order valence-electron chi connectivity index (χ4n) is 2.15. The molecule has 1 N–H and O–H groups in total. The average molecular weight is 388 g/mol. The van der Waals surface area contributed by atoms with Crippen molar-refractivity contribution in [1.29, 1.82) is 0 Å². The van der Waals surface area contributed by atoms with Gasteiger partial charge in [-0.3, -0.25) is 9.59 Å². The van der Waals surface area contributed by atoms with E-state index in [1.165, 1.54) is 16.7 Å². The van der Waals surface area contributed by atoms with Crippen molar-refractivity contribution in [1.82, 2.24) is 10.2 Å². The number of nitrogens with zero attached hydrogens (tertiary/aromatic N) is 1. The summed E-state index contributed by atoms with van der Waals surface area (Å²) in [4.78, 5) is 26.5. The van der Waals surface area contributed by atoms with Gasteiger partial charge in [0.1, 0.15) is 18.1 Å². The van der Waals surface area contributed by atoms with Crippen LogP contribution in [0.3, 0.4) is 0 Å². The van der Waals surface area contributed by atoms with Gasteiger partial charge < -0.3 is 19.7 Å². The van der Waals surface area contributed by atoms with Crippen molar-refractivity contribution in [2.75, 3.05) is 40.1 Å². The Morgan fingerprint density at radius 2 is 1.70 bits per heavy atom. The van der Waals surface area contributed by atoms with Gasteiger partial charge in [0.2, 0.25) is 5.91 Å². The van der Waals surface area contributed by atoms with E-state index in [2.05, 4.69) is 5.32 Å². The lowest BCUT2D eigenvalue weighted by Crippen LogP contribution is -2.28. The molecule has 144 valence electrons. The number of ether oxygens (including phenoxy) is 2. The fraction of sp³-hybridized carbons (Fsp3) is 0.300. The van der Waals surface area contributed by atoms with E-state index in [4.69, 9.17) is 9.47 Å². The van der Waals surface area contributed by atoms with Crippen LogP contribution in [0.25, 0.3) is 0 Å². The van der Waals surface area contributed by atoms with Gasteiger partial charge in [-0.25, -0.2) is 0 Å². The Labute approximate surface area is 163 Å². The molecular weight excluding hydrogens is 364 g/mol. The molecule has 27 heavy (non-hydrogen) atoms. The summed E-state index contributed by atoms with van der Waals surface area (Å²) in [6.07, 6.45) is 0. The van der Waals surface area contributed by atoms with E-state index in [-0.39, 0.29) is 17.6 Å². The minimum atomic E-state index is -0.186. The first-order chi connectivity index (χ1) is 13.0. The number of hydrogen-bond donors (Lipinski definition) is 1. The Hall–Kier alpha value is -2.67. The lowest BCUT2D eigenvalue weighted by Gasteiger charge is -2.12. The highest BCUT2D eigenvalue weighted by Gasteiger charge is 2.13. The van der Waals surface area contributed by atoms with E-state index in [0.717, 1.165) is 10.6 Å².